The molecule has 0 aliphatic heterocycles. The van der Waals surface area contributed by atoms with Gasteiger partial charge in [-0.25, -0.2) is 0 Å². The molecular weight excluding hydrogens is 256 g/mol. The molecule has 0 aliphatic carbocycles. The lowest BCUT2D eigenvalue weighted by atomic mass is 10.1. The van der Waals surface area contributed by atoms with Gasteiger partial charge < -0.3 is 9.47 Å². The number of ether oxygens (including phenoxy) is 2. The van der Waals surface area contributed by atoms with Gasteiger partial charge in [-0.3, -0.25) is 0 Å². The molecule has 0 N–H and O–H groups in total. The van der Waals surface area contributed by atoms with Crippen LogP contribution in [0, 0.1) is 13.8 Å². The fourth-order valence-electron chi connectivity index (χ4n) is 1.18. The normalized spacial score (nSPS) is 10.3. The summed E-state index contributed by atoms with van der Waals surface area (Å²) in [6.45, 7) is 6.16. The highest BCUT2D eigenvalue weighted by Gasteiger charge is 1.96. The van der Waals surface area contributed by atoms with Crippen molar-refractivity contribution in [2.75, 3.05) is 25.2 Å². The van der Waals surface area contributed by atoms with Crippen LogP contribution in [0.15, 0.2) is 18.2 Å². The summed E-state index contributed by atoms with van der Waals surface area (Å²) in [5.74, 6) is 0.917. The zero-order valence-corrected chi connectivity index (χ0v) is 10.8. The smallest absolute Gasteiger partial charge is 0.119 e. The van der Waals surface area contributed by atoms with Gasteiger partial charge in [-0.05, 0) is 37.1 Å². The molecule has 0 heterocycles. The molecule has 2 nitrogen and oxygen atoms in total. The second-order valence-electron chi connectivity index (χ2n) is 3.40. The number of hydrogen-bond acceptors (Lipinski definition) is 2. The maximum atomic E-state index is 5.55. The molecule has 1 aromatic carbocycles. The molecule has 0 unspecified atom stereocenters. The van der Waals surface area contributed by atoms with Crippen molar-refractivity contribution in [3.05, 3.63) is 29.3 Å². The highest BCUT2D eigenvalue weighted by Crippen LogP contribution is 2.16. The van der Waals surface area contributed by atoms with E-state index in [9.17, 15) is 0 Å². The Hall–Kier alpha value is -0.540. The lowest BCUT2D eigenvalue weighted by molar-refractivity contribution is 0.112. The van der Waals surface area contributed by atoms with Crippen LogP contribution in [0.2, 0.25) is 0 Å². The number of alkyl halides is 1. The first-order chi connectivity index (χ1) is 7.24. The number of rotatable bonds is 6. The van der Waals surface area contributed by atoms with Crippen LogP contribution in [0.1, 0.15) is 11.1 Å². The SMILES string of the molecule is Cc1ccc(OCCOCCBr)cc1C. The molecule has 0 saturated heterocycles. The van der Waals surface area contributed by atoms with Gasteiger partial charge in [0, 0.05) is 5.33 Å². The molecule has 0 amide bonds. The van der Waals surface area contributed by atoms with E-state index in [2.05, 4.69) is 41.9 Å². The lowest BCUT2D eigenvalue weighted by Crippen LogP contribution is -2.08. The Kier molecular flexibility index (Phi) is 5.73. The van der Waals surface area contributed by atoms with Gasteiger partial charge in [0.25, 0.3) is 0 Å². The van der Waals surface area contributed by atoms with E-state index in [4.69, 9.17) is 9.47 Å². The summed E-state index contributed by atoms with van der Waals surface area (Å²) in [5.41, 5.74) is 2.55. The number of benzene rings is 1. The zero-order chi connectivity index (χ0) is 11.1. The topological polar surface area (TPSA) is 18.5 Å². The fraction of sp³-hybridized carbons (Fsp3) is 0.500. The molecule has 0 aromatic heterocycles. The Bertz CT molecular complexity index is 300. The van der Waals surface area contributed by atoms with Crippen LogP contribution in [-0.4, -0.2) is 25.2 Å². The molecule has 0 atom stereocenters. The second kappa shape index (κ2) is 6.85. The van der Waals surface area contributed by atoms with Crippen LogP contribution in [-0.2, 0) is 4.74 Å². The van der Waals surface area contributed by atoms with Gasteiger partial charge in [0.2, 0.25) is 0 Å². The van der Waals surface area contributed by atoms with E-state index in [1.807, 2.05) is 6.07 Å². The van der Waals surface area contributed by atoms with Crippen molar-refractivity contribution in [3.8, 4) is 5.75 Å². The highest BCUT2D eigenvalue weighted by atomic mass is 79.9. The molecule has 0 radical (unpaired) electrons. The van der Waals surface area contributed by atoms with Crippen LogP contribution in [0.5, 0.6) is 5.75 Å². The summed E-state index contributed by atoms with van der Waals surface area (Å²) in [6, 6.07) is 6.12. The van der Waals surface area contributed by atoms with Gasteiger partial charge >= 0.3 is 0 Å². The van der Waals surface area contributed by atoms with Crippen molar-refractivity contribution in [3.63, 3.8) is 0 Å². The minimum atomic E-state index is 0.607. The summed E-state index contributed by atoms with van der Waals surface area (Å²) in [7, 11) is 0. The van der Waals surface area contributed by atoms with Crippen LogP contribution >= 0.6 is 15.9 Å². The predicted molar refractivity (Wildman–Crippen MR) is 66.0 cm³/mol. The maximum Gasteiger partial charge on any atom is 0.119 e. The highest BCUT2D eigenvalue weighted by molar-refractivity contribution is 9.09. The van der Waals surface area contributed by atoms with Gasteiger partial charge in [0.1, 0.15) is 12.4 Å². The van der Waals surface area contributed by atoms with E-state index < -0.39 is 0 Å². The molecule has 0 bridgehead atoms. The largest absolute Gasteiger partial charge is 0.491 e. The maximum absolute atomic E-state index is 5.55. The molecule has 0 fully saturated rings. The second-order valence-corrected chi connectivity index (χ2v) is 4.19. The Morgan fingerprint density at radius 3 is 2.53 bits per heavy atom. The van der Waals surface area contributed by atoms with Gasteiger partial charge in [0.15, 0.2) is 0 Å². The number of halogens is 1. The molecule has 3 heteroatoms. The minimum absolute atomic E-state index is 0.607. The van der Waals surface area contributed by atoms with Gasteiger partial charge in [0.05, 0.1) is 13.2 Å². The molecule has 0 spiro atoms. The van der Waals surface area contributed by atoms with Crippen molar-refractivity contribution >= 4 is 15.9 Å². The monoisotopic (exact) mass is 272 g/mol. The van der Waals surface area contributed by atoms with Gasteiger partial charge in [-0.2, -0.15) is 0 Å². The van der Waals surface area contributed by atoms with Crippen LogP contribution < -0.4 is 4.74 Å². The lowest BCUT2D eigenvalue weighted by Gasteiger charge is -2.08. The van der Waals surface area contributed by atoms with Crippen molar-refractivity contribution in [2.45, 2.75) is 13.8 Å². The van der Waals surface area contributed by atoms with Crippen LogP contribution in [0.25, 0.3) is 0 Å². The first-order valence-corrected chi connectivity index (χ1v) is 6.20. The first-order valence-electron chi connectivity index (χ1n) is 5.08. The van der Waals surface area contributed by atoms with Gasteiger partial charge in [-0.1, -0.05) is 22.0 Å². The third-order valence-corrected chi connectivity index (χ3v) is 2.52. The van der Waals surface area contributed by atoms with Crippen molar-refractivity contribution in [1.82, 2.24) is 0 Å². The van der Waals surface area contributed by atoms with E-state index in [1.54, 1.807) is 0 Å². The molecule has 0 aliphatic rings. The third-order valence-electron chi connectivity index (χ3n) is 2.20. The zero-order valence-electron chi connectivity index (χ0n) is 9.25. The quantitative estimate of drug-likeness (QED) is 0.585. The van der Waals surface area contributed by atoms with Crippen molar-refractivity contribution in [1.29, 1.82) is 0 Å². The molecule has 1 aromatic rings. The van der Waals surface area contributed by atoms with E-state index >= 15 is 0 Å². The van der Waals surface area contributed by atoms with Gasteiger partial charge in [-0.15, -0.1) is 0 Å². The van der Waals surface area contributed by atoms with Crippen LogP contribution in [0.3, 0.4) is 0 Å². The Balaban J connectivity index is 2.28. The Morgan fingerprint density at radius 1 is 1.07 bits per heavy atom. The first kappa shape index (κ1) is 12.5. The molecular formula is C12H17BrO2. The molecule has 84 valence electrons. The predicted octanol–water partition coefficient (Wildman–Crippen LogP) is 3.09. The Labute approximate surface area is 99.7 Å². The van der Waals surface area contributed by atoms with Crippen LogP contribution in [0.4, 0.5) is 0 Å². The molecule has 1 rings (SSSR count). The summed E-state index contributed by atoms with van der Waals surface area (Å²) in [4.78, 5) is 0. The van der Waals surface area contributed by atoms with Crippen molar-refractivity contribution < 1.29 is 9.47 Å². The number of hydrogen-bond donors (Lipinski definition) is 0. The standard InChI is InChI=1S/C12H17BrO2/c1-10-3-4-12(9-11(10)2)15-8-7-14-6-5-13/h3-4,9H,5-8H2,1-2H3. The Morgan fingerprint density at radius 2 is 1.87 bits per heavy atom. The average molecular weight is 273 g/mol. The fourth-order valence-corrected chi connectivity index (χ4v) is 1.41. The van der Waals surface area contributed by atoms with E-state index in [1.165, 1.54) is 11.1 Å². The average Bonchev–Trinajstić information content (AvgIpc) is 2.23. The van der Waals surface area contributed by atoms with E-state index in [0.717, 1.165) is 17.7 Å². The van der Waals surface area contributed by atoms with E-state index in [-0.39, 0.29) is 0 Å². The summed E-state index contributed by atoms with van der Waals surface area (Å²) < 4.78 is 10.8. The summed E-state index contributed by atoms with van der Waals surface area (Å²) in [6.07, 6.45) is 0. The summed E-state index contributed by atoms with van der Waals surface area (Å²) >= 11 is 3.30. The minimum Gasteiger partial charge on any atom is -0.491 e. The van der Waals surface area contributed by atoms with Crippen molar-refractivity contribution in [2.24, 2.45) is 0 Å². The third kappa shape index (κ3) is 4.67. The van der Waals surface area contributed by atoms with E-state index in [0.29, 0.717) is 13.2 Å². The molecule has 0 saturated carbocycles. The summed E-state index contributed by atoms with van der Waals surface area (Å²) in [5, 5.41) is 0.872. The number of aryl methyl sites for hydroxylation is 2. The molecule has 15 heavy (non-hydrogen) atoms.